The molecule has 0 aliphatic rings. The van der Waals surface area contributed by atoms with Crippen LogP contribution in [-0.4, -0.2) is 0 Å². The molecule has 1 radical (unpaired) electrons. The van der Waals surface area contributed by atoms with Crippen LogP contribution in [0.25, 0.3) is 0 Å². The van der Waals surface area contributed by atoms with E-state index in [1.54, 1.807) is 0 Å². The van der Waals surface area contributed by atoms with Crippen molar-refractivity contribution in [3.05, 3.63) is 0 Å². The van der Waals surface area contributed by atoms with Gasteiger partial charge in [-0.25, -0.2) is 0 Å². The summed E-state index contributed by atoms with van der Waals surface area (Å²) in [5.41, 5.74) is 0. The van der Waals surface area contributed by atoms with Gasteiger partial charge in [0.05, 0.1) is 0 Å². The van der Waals surface area contributed by atoms with E-state index in [0.29, 0.717) is 0 Å². The van der Waals surface area contributed by atoms with Crippen LogP contribution < -0.4 is 0 Å². The van der Waals surface area contributed by atoms with Gasteiger partial charge in [0.2, 0.25) is 0 Å². The molecule has 0 saturated carbocycles. The largest absolute Gasteiger partial charge is 0 e. The first-order chi connectivity index (χ1) is 0. The summed E-state index contributed by atoms with van der Waals surface area (Å²) >= 11 is 0. The van der Waals surface area contributed by atoms with E-state index in [9.17, 15) is 0 Å². The third-order valence-corrected chi connectivity index (χ3v) is 0. The molecule has 0 aliphatic carbocycles. The van der Waals surface area contributed by atoms with Gasteiger partial charge < -0.3 is 0 Å². The third-order valence-electron chi connectivity index (χ3n) is 0. The Balaban J connectivity index is 0. The van der Waals surface area contributed by atoms with Crippen LogP contribution in [0.5, 0.6) is 0 Å². The molecule has 0 saturated heterocycles. The predicted octanol–water partition coefficient (Wildman–Crippen LogP) is -0.0100. The Kier molecular flexibility index (Phi) is 111. The molecule has 0 bridgehead atoms. The Labute approximate surface area is 93.9 Å². The average molecular weight is 674 g/mol. The van der Waals surface area contributed by atoms with E-state index in [1.807, 2.05) is 0 Å². The molecule has 0 unspecified atom stereocenters. The monoisotopic (exact) mass is 674 g/mol. The van der Waals surface area contributed by atoms with Crippen LogP contribution in [0.4, 0.5) is 0 Å². The van der Waals surface area contributed by atoms with E-state index in [2.05, 4.69) is 0 Å². The van der Waals surface area contributed by atoms with Crippen molar-refractivity contribution in [3.63, 3.8) is 0 Å². The quantitative estimate of drug-likeness (QED) is 0.340. The molecule has 0 N–H and O–H groups in total. The van der Waals surface area contributed by atoms with Crippen LogP contribution in [-0.2, 0) is 95.9 Å². The second kappa shape index (κ2) is 16.4. The molecule has 0 amide bonds. The second-order valence-electron chi connectivity index (χ2n) is 0. The molecule has 0 fully saturated rings. The maximum Gasteiger partial charge on any atom is 0 e. The smallest absolute Gasteiger partial charge is 0 e. The molecule has 0 rings (SSSR count). The Bertz CT molecular complexity index is 3.25. The van der Waals surface area contributed by atoms with Gasteiger partial charge in [-0.1, -0.05) is 0 Å². The normalized spacial score (nSPS) is 0. The van der Waals surface area contributed by atoms with Crippen molar-refractivity contribution in [2.75, 3.05) is 0 Å². The summed E-state index contributed by atoms with van der Waals surface area (Å²) in [4.78, 5) is 0. The molecule has 0 aromatic heterocycles. The first-order valence-corrected chi connectivity index (χ1v) is 0. The topological polar surface area (TPSA) is 0 Å². The number of hydrogen-bond acceptors (Lipinski definition) is 0. The zero-order chi connectivity index (χ0) is 0. The molecule has 0 aromatic rings. The summed E-state index contributed by atoms with van der Waals surface area (Å²) in [6.45, 7) is 0. The number of hydrogen-bond donors (Lipinski definition) is 0. The van der Waals surface area contributed by atoms with Crippen LogP contribution in [0.3, 0.4) is 0 Å². The van der Waals surface area contributed by atoms with E-state index in [-0.39, 0.29) is 95.9 Å². The molecule has 0 atom stereocenters. The molecule has 4 heteroatoms. The molecular weight excluding hydrogens is 674 g/mol. The fraction of sp³-hybridized carbons (Fsp3) is 0. The summed E-state index contributed by atoms with van der Waals surface area (Å²) in [6, 6.07) is 0. The molecule has 0 spiro atoms. The van der Waals surface area contributed by atoms with Crippen molar-refractivity contribution >= 4 is 0 Å². The maximum atomic E-state index is 0. The van der Waals surface area contributed by atoms with Gasteiger partial charge in [0.15, 0.2) is 0 Å². The molecular formula is Pt3Y. The van der Waals surface area contributed by atoms with Crippen molar-refractivity contribution in [2.24, 2.45) is 0 Å². The SMILES string of the molecule is [Pt].[Pt].[Pt].[Y]. The van der Waals surface area contributed by atoms with E-state index in [4.69, 9.17) is 0 Å². The summed E-state index contributed by atoms with van der Waals surface area (Å²) in [5.74, 6) is 0. The zero-order valence-corrected chi connectivity index (χ0v) is 11.2. The van der Waals surface area contributed by atoms with E-state index >= 15 is 0 Å². The van der Waals surface area contributed by atoms with Crippen LogP contribution in [0.1, 0.15) is 0 Å². The Morgan fingerprint density at radius 3 is 0.500 bits per heavy atom. The zero-order valence-electron chi connectivity index (χ0n) is 1.53. The van der Waals surface area contributed by atoms with Gasteiger partial charge in [0.25, 0.3) is 0 Å². The van der Waals surface area contributed by atoms with E-state index < -0.39 is 0 Å². The molecule has 0 aromatic carbocycles. The minimum atomic E-state index is 0. The van der Waals surface area contributed by atoms with Crippen molar-refractivity contribution in [3.8, 4) is 0 Å². The van der Waals surface area contributed by atoms with Gasteiger partial charge >= 0.3 is 0 Å². The fourth-order valence-corrected chi connectivity index (χ4v) is 0. The van der Waals surface area contributed by atoms with Gasteiger partial charge in [-0.2, -0.15) is 0 Å². The van der Waals surface area contributed by atoms with Gasteiger partial charge in [-0.3, -0.25) is 0 Å². The molecule has 0 heterocycles. The minimum absolute atomic E-state index is 0. The van der Waals surface area contributed by atoms with E-state index in [1.165, 1.54) is 0 Å². The summed E-state index contributed by atoms with van der Waals surface area (Å²) in [7, 11) is 0. The Morgan fingerprint density at radius 1 is 0.500 bits per heavy atom. The van der Waals surface area contributed by atoms with Gasteiger partial charge in [-0.05, 0) is 0 Å². The van der Waals surface area contributed by atoms with Gasteiger partial charge in [0.1, 0.15) is 0 Å². The first kappa shape index (κ1) is 27.2. The summed E-state index contributed by atoms with van der Waals surface area (Å²) in [6.07, 6.45) is 0. The molecule has 0 aliphatic heterocycles. The van der Waals surface area contributed by atoms with Crippen LogP contribution in [0.2, 0.25) is 0 Å². The Morgan fingerprint density at radius 2 is 0.500 bits per heavy atom. The number of rotatable bonds is 0. The van der Waals surface area contributed by atoms with Gasteiger partial charge in [0, 0.05) is 95.9 Å². The van der Waals surface area contributed by atoms with Crippen molar-refractivity contribution in [1.29, 1.82) is 0 Å². The molecule has 4 heavy (non-hydrogen) atoms. The van der Waals surface area contributed by atoms with Crippen molar-refractivity contribution in [2.45, 2.75) is 0 Å². The minimum Gasteiger partial charge on any atom is 0 e. The predicted molar refractivity (Wildman–Crippen MR) is 0 cm³/mol. The van der Waals surface area contributed by atoms with Crippen LogP contribution >= 0.6 is 0 Å². The Hall–Kier alpha value is 3.17. The molecule has 0 nitrogen and oxygen atoms in total. The third kappa shape index (κ3) is 8.95. The van der Waals surface area contributed by atoms with Crippen LogP contribution in [0, 0.1) is 0 Å². The van der Waals surface area contributed by atoms with Crippen LogP contribution in [0.15, 0.2) is 0 Å². The fourth-order valence-electron chi connectivity index (χ4n) is 0. The summed E-state index contributed by atoms with van der Waals surface area (Å²) in [5, 5.41) is 0. The maximum absolute atomic E-state index is 0. The van der Waals surface area contributed by atoms with Crippen molar-refractivity contribution in [1.82, 2.24) is 0 Å². The summed E-state index contributed by atoms with van der Waals surface area (Å²) < 4.78 is 0. The van der Waals surface area contributed by atoms with Gasteiger partial charge in [-0.15, -0.1) is 0 Å². The first-order valence-electron chi connectivity index (χ1n) is 0. The molecule has 33 valence electrons. The second-order valence-corrected chi connectivity index (χ2v) is 0. The van der Waals surface area contributed by atoms with E-state index in [0.717, 1.165) is 0 Å². The average Bonchev–Trinajstić information content (AvgIpc) is 0. The van der Waals surface area contributed by atoms with Crippen molar-refractivity contribution < 1.29 is 95.9 Å². The standard InChI is InChI=1S/3Pt.Y.